The first-order chi connectivity index (χ1) is 3.91. The monoisotopic (exact) mass is 114 g/mol. The van der Waals surface area contributed by atoms with Crippen LogP contribution in [0.5, 0.6) is 0 Å². The minimum absolute atomic E-state index is 0.708. The van der Waals surface area contributed by atoms with Crippen molar-refractivity contribution in [3.05, 3.63) is 7.11 Å². The number of ether oxygens (including phenoxy) is 1. The molecule has 0 aliphatic carbocycles. The summed E-state index contributed by atoms with van der Waals surface area (Å²) in [4.78, 5) is 0. The van der Waals surface area contributed by atoms with Crippen LogP contribution in [0.4, 0.5) is 0 Å². The molecule has 0 aromatic carbocycles. The third-order valence-corrected chi connectivity index (χ3v) is 1.12. The van der Waals surface area contributed by atoms with E-state index in [-0.39, 0.29) is 0 Å². The average molecular weight is 114 g/mol. The highest BCUT2D eigenvalue weighted by Crippen LogP contribution is 1.97. The van der Waals surface area contributed by atoms with E-state index in [1.54, 1.807) is 0 Å². The summed E-state index contributed by atoms with van der Waals surface area (Å²) in [7, 11) is 4.81. The van der Waals surface area contributed by atoms with E-state index in [1.807, 2.05) is 0 Å². The van der Waals surface area contributed by atoms with E-state index in [9.17, 15) is 0 Å². The molecule has 0 unspecified atom stereocenters. The van der Waals surface area contributed by atoms with Gasteiger partial charge in [0, 0.05) is 6.61 Å². The van der Waals surface area contributed by atoms with E-state index >= 15 is 0 Å². The Morgan fingerprint density at radius 1 is 1.25 bits per heavy atom. The maximum Gasteiger partial charge on any atom is 0.115 e. The first kappa shape index (κ1) is 7.96. The van der Waals surface area contributed by atoms with Crippen LogP contribution in [0.1, 0.15) is 32.6 Å². The lowest BCUT2D eigenvalue weighted by Crippen LogP contribution is -1.85. The molecule has 0 aliphatic heterocycles. The van der Waals surface area contributed by atoms with Gasteiger partial charge in [-0.1, -0.05) is 26.2 Å². The zero-order valence-corrected chi connectivity index (χ0v) is 5.52. The Morgan fingerprint density at radius 3 is 2.50 bits per heavy atom. The van der Waals surface area contributed by atoms with Crippen molar-refractivity contribution in [2.75, 3.05) is 6.61 Å². The van der Waals surface area contributed by atoms with Crippen molar-refractivity contribution < 1.29 is 4.74 Å². The SMILES string of the molecule is [CH]OCCCCCC. The van der Waals surface area contributed by atoms with Gasteiger partial charge in [0.25, 0.3) is 0 Å². The van der Waals surface area contributed by atoms with E-state index in [0.29, 0.717) is 6.61 Å². The first-order valence-corrected chi connectivity index (χ1v) is 3.23. The fourth-order valence-corrected chi connectivity index (χ4v) is 0.612. The lowest BCUT2D eigenvalue weighted by molar-refractivity contribution is 0.234. The molecule has 0 atom stereocenters. The zero-order chi connectivity index (χ0) is 6.24. The van der Waals surface area contributed by atoms with Gasteiger partial charge in [-0.2, -0.15) is 0 Å². The summed E-state index contributed by atoms with van der Waals surface area (Å²) >= 11 is 0. The van der Waals surface area contributed by atoms with Crippen LogP contribution in [0.2, 0.25) is 0 Å². The normalized spacial score (nSPS) is 9.75. The molecule has 0 fully saturated rings. The van der Waals surface area contributed by atoms with Gasteiger partial charge in [-0.15, -0.1) is 0 Å². The van der Waals surface area contributed by atoms with Crippen LogP contribution in [-0.4, -0.2) is 6.61 Å². The Labute approximate surface area is 52.0 Å². The van der Waals surface area contributed by atoms with E-state index in [1.165, 1.54) is 19.3 Å². The molecule has 0 saturated heterocycles. The summed E-state index contributed by atoms with van der Waals surface area (Å²) in [5.41, 5.74) is 0. The Morgan fingerprint density at radius 2 is 2.00 bits per heavy atom. The van der Waals surface area contributed by atoms with Crippen molar-refractivity contribution in [2.45, 2.75) is 32.6 Å². The summed E-state index contributed by atoms with van der Waals surface area (Å²) in [5, 5.41) is 0. The molecule has 0 spiro atoms. The highest BCUT2D eigenvalue weighted by atomic mass is 16.5. The third kappa shape index (κ3) is 5.96. The molecule has 0 saturated carbocycles. The summed E-state index contributed by atoms with van der Waals surface area (Å²) in [6.45, 7) is 2.89. The average Bonchev–Trinajstić information content (AvgIpc) is 1.81. The second-order valence-corrected chi connectivity index (χ2v) is 1.93. The van der Waals surface area contributed by atoms with Crippen LogP contribution in [0.25, 0.3) is 0 Å². The molecule has 8 heavy (non-hydrogen) atoms. The molecule has 0 heterocycles. The van der Waals surface area contributed by atoms with Crippen LogP contribution in [-0.2, 0) is 4.74 Å². The Bertz CT molecular complexity index is 29.4. The standard InChI is InChI=1S/C7H14O/c1-3-4-5-6-7-8-2/h2H,3-7H2,1H3. The molecule has 2 radical (unpaired) electrons. The molecular formula is C7H14O. The predicted octanol–water partition coefficient (Wildman–Crippen LogP) is 2.25. The lowest BCUT2D eigenvalue weighted by atomic mass is 10.2. The zero-order valence-electron chi connectivity index (χ0n) is 5.52. The summed E-state index contributed by atoms with van der Waals surface area (Å²) in [6, 6.07) is 0. The molecule has 0 aliphatic rings. The van der Waals surface area contributed by atoms with E-state index in [0.717, 1.165) is 6.42 Å². The van der Waals surface area contributed by atoms with Crippen LogP contribution >= 0.6 is 0 Å². The minimum atomic E-state index is 0.708. The highest BCUT2D eigenvalue weighted by Gasteiger charge is 1.83. The quantitative estimate of drug-likeness (QED) is 0.498. The lowest BCUT2D eigenvalue weighted by Gasteiger charge is -1.94. The molecule has 48 valence electrons. The third-order valence-electron chi connectivity index (χ3n) is 1.12. The smallest absolute Gasteiger partial charge is 0.115 e. The van der Waals surface area contributed by atoms with Gasteiger partial charge in [-0.25, -0.2) is 0 Å². The van der Waals surface area contributed by atoms with Crippen LogP contribution in [0, 0.1) is 7.11 Å². The fraction of sp³-hybridized carbons (Fsp3) is 0.857. The molecule has 0 rings (SSSR count). The number of unbranched alkanes of at least 4 members (excludes halogenated alkanes) is 3. The summed E-state index contributed by atoms with van der Waals surface area (Å²) in [5.74, 6) is 0. The molecule has 1 nitrogen and oxygen atoms in total. The molecule has 0 N–H and O–H groups in total. The highest BCUT2D eigenvalue weighted by molar-refractivity contribution is 4.37. The van der Waals surface area contributed by atoms with Gasteiger partial charge in [0.05, 0.1) is 0 Å². The van der Waals surface area contributed by atoms with Gasteiger partial charge in [0.1, 0.15) is 7.11 Å². The van der Waals surface area contributed by atoms with Crippen molar-refractivity contribution >= 4 is 0 Å². The Kier molecular flexibility index (Phi) is 6.93. The van der Waals surface area contributed by atoms with Crippen LogP contribution < -0.4 is 0 Å². The van der Waals surface area contributed by atoms with Gasteiger partial charge < -0.3 is 4.74 Å². The number of rotatable bonds is 5. The van der Waals surface area contributed by atoms with Gasteiger partial charge in [0.15, 0.2) is 0 Å². The largest absolute Gasteiger partial charge is 0.373 e. The molecular weight excluding hydrogens is 100 g/mol. The Balaban J connectivity index is 2.53. The van der Waals surface area contributed by atoms with Crippen molar-refractivity contribution in [3.8, 4) is 0 Å². The molecule has 0 aromatic heterocycles. The van der Waals surface area contributed by atoms with Crippen molar-refractivity contribution in [1.29, 1.82) is 0 Å². The van der Waals surface area contributed by atoms with Gasteiger partial charge >= 0.3 is 0 Å². The van der Waals surface area contributed by atoms with E-state index < -0.39 is 0 Å². The van der Waals surface area contributed by atoms with Crippen molar-refractivity contribution in [3.63, 3.8) is 0 Å². The predicted molar refractivity (Wildman–Crippen MR) is 34.4 cm³/mol. The maximum atomic E-state index is 4.81. The fourth-order valence-electron chi connectivity index (χ4n) is 0.612. The molecule has 0 amide bonds. The van der Waals surface area contributed by atoms with Crippen LogP contribution in [0.15, 0.2) is 0 Å². The van der Waals surface area contributed by atoms with Crippen molar-refractivity contribution in [1.82, 2.24) is 0 Å². The summed E-state index contributed by atoms with van der Waals surface area (Å²) in [6.07, 6.45) is 4.91. The topological polar surface area (TPSA) is 9.23 Å². The number of hydrogen-bond acceptors (Lipinski definition) is 1. The summed E-state index contributed by atoms with van der Waals surface area (Å²) < 4.78 is 4.39. The second kappa shape index (κ2) is 6.96. The van der Waals surface area contributed by atoms with Gasteiger partial charge in [0.2, 0.25) is 0 Å². The second-order valence-electron chi connectivity index (χ2n) is 1.93. The van der Waals surface area contributed by atoms with E-state index in [4.69, 9.17) is 7.11 Å². The van der Waals surface area contributed by atoms with Crippen molar-refractivity contribution in [2.24, 2.45) is 0 Å². The maximum absolute atomic E-state index is 4.81. The minimum Gasteiger partial charge on any atom is -0.373 e. The molecule has 0 aromatic rings. The number of hydrogen-bond donors (Lipinski definition) is 0. The van der Waals surface area contributed by atoms with Gasteiger partial charge in [-0.3, -0.25) is 0 Å². The first-order valence-electron chi connectivity index (χ1n) is 3.23. The van der Waals surface area contributed by atoms with Gasteiger partial charge in [-0.05, 0) is 6.42 Å². The van der Waals surface area contributed by atoms with E-state index in [2.05, 4.69) is 11.7 Å². The Hall–Kier alpha value is -0.0400. The van der Waals surface area contributed by atoms with Crippen LogP contribution in [0.3, 0.4) is 0 Å². The molecule has 0 bridgehead atoms. The molecule has 1 heteroatoms.